The van der Waals surface area contributed by atoms with Crippen molar-refractivity contribution < 1.29 is 33.7 Å². The van der Waals surface area contributed by atoms with E-state index in [1.807, 2.05) is 12.1 Å². The van der Waals surface area contributed by atoms with Crippen molar-refractivity contribution in [1.29, 1.82) is 0 Å². The van der Waals surface area contributed by atoms with Crippen molar-refractivity contribution in [1.82, 2.24) is 10.6 Å². The van der Waals surface area contributed by atoms with Crippen LogP contribution in [0.4, 0.5) is 5.69 Å². The van der Waals surface area contributed by atoms with Gasteiger partial charge in [-0.05, 0) is 60.2 Å². The molecular formula is C33H37N3O8. The van der Waals surface area contributed by atoms with E-state index in [1.54, 1.807) is 43.3 Å². The predicted molar refractivity (Wildman–Crippen MR) is 165 cm³/mol. The lowest BCUT2D eigenvalue weighted by molar-refractivity contribution is -0.141. The van der Waals surface area contributed by atoms with Gasteiger partial charge in [-0.1, -0.05) is 36.4 Å². The van der Waals surface area contributed by atoms with Crippen LogP contribution in [0.1, 0.15) is 43.0 Å². The van der Waals surface area contributed by atoms with Gasteiger partial charge in [0.15, 0.2) is 11.5 Å². The molecule has 1 aliphatic rings. The number of carboxylic acid groups (broad SMARTS) is 1. The summed E-state index contributed by atoms with van der Waals surface area (Å²) in [4.78, 5) is 50.7. The molecule has 4 rings (SSSR count). The van der Waals surface area contributed by atoms with E-state index in [0.717, 1.165) is 11.1 Å². The van der Waals surface area contributed by atoms with Crippen LogP contribution in [0, 0.1) is 0 Å². The highest BCUT2D eigenvalue weighted by atomic mass is 16.5. The third-order valence-corrected chi connectivity index (χ3v) is 7.58. The molecule has 0 aliphatic heterocycles. The molecule has 0 fully saturated rings. The number of rotatable bonds is 11. The quantitative estimate of drug-likeness (QED) is 0.258. The van der Waals surface area contributed by atoms with Crippen molar-refractivity contribution in [2.45, 2.75) is 51.2 Å². The highest BCUT2D eigenvalue weighted by Crippen LogP contribution is 2.50. The molecule has 4 N–H and O–H groups in total. The van der Waals surface area contributed by atoms with E-state index in [-0.39, 0.29) is 18.0 Å². The van der Waals surface area contributed by atoms with E-state index in [2.05, 4.69) is 16.0 Å². The van der Waals surface area contributed by atoms with Crippen LogP contribution in [-0.2, 0) is 27.2 Å². The van der Waals surface area contributed by atoms with Crippen molar-refractivity contribution in [3.8, 4) is 28.4 Å². The molecule has 0 heterocycles. The van der Waals surface area contributed by atoms with Gasteiger partial charge in [0, 0.05) is 18.9 Å². The van der Waals surface area contributed by atoms with E-state index in [0.29, 0.717) is 46.8 Å². The normalized spacial score (nSPS) is 14.9. The van der Waals surface area contributed by atoms with Gasteiger partial charge in [-0.2, -0.15) is 0 Å². The van der Waals surface area contributed by atoms with E-state index in [4.69, 9.17) is 14.2 Å². The highest BCUT2D eigenvalue weighted by Gasteiger charge is 2.30. The van der Waals surface area contributed by atoms with Crippen molar-refractivity contribution in [3.05, 3.63) is 81.5 Å². The first-order valence-electron chi connectivity index (χ1n) is 14.2. The smallest absolute Gasteiger partial charge is 0.326 e. The van der Waals surface area contributed by atoms with Crippen LogP contribution in [-0.4, -0.2) is 56.3 Å². The van der Waals surface area contributed by atoms with Gasteiger partial charge in [0.2, 0.25) is 23.0 Å². The van der Waals surface area contributed by atoms with Crippen LogP contribution < -0.4 is 35.6 Å². The number of nitrogens with one attached hydrogen (secondary N) is 3. The number of amides is 2. The summed E-state index contributed by atoms with van der Waals surface area (Å²) in [6.45, 7) is 2.96. The first kappa shape index (κ1) is 31.9. The zero-order valence-electron chi connectivity index (χ0n) is 25.4. The molecule has 11 heteroatoms. The standard InChI is InChI=1S/C33H37N3O8/c1-18(32(39)36-26(33(40)41)15-20-9-7-6-8-10-20)34-25-14-12-22-23(17-27(25)38)24(35-19(2)37)13-11-21-16-28(42-3)30(43-4)31(44-5)29(21)22/h6-10,12,14,16-18,24,26H,11,13,15H2,1-5H3,(H,34,38)(H,35,37)(H,36,39)(H,40,41). The summed E-state index contributed by atoms with van der Waals surface area (Å²) in [5.74, 6) is -0.704. The molecule has 0 spiro atoms. The first-order chi connectivity index (χ1) is 21.1. The number of aliphatic carboxylic acids is 1. The molecule has 3 aromatic rings. The van der Waals surface area contributed by atoms with Crippen LogP contribution in [0.25, 0.3) is 11.1 Å². The Labute approximate surface area is 255 Å². The summed E-state index contributed by atoms with van der Waals surface area (Å²) in [6, 6.07) is 13.0. The molecule has 232 valence electrons. The van der Waals surface area contributed by atoms with E-state index < -0.39 is 35.4 Å². The molecule has 3 unspecified atom stereocenters. The van der Waals surface area contributed by atoms with Gasteiger partial charge in [0.1, 0.15) is 12.1 Å². The topological polar surface area (TPSA) is 152 Å². The second-order valence-corrected chi connectivity index (χ2v) is 10.6. The maximum Gasteiger partial charge on any atom is 0.326 e. The minimum absolute atomic E-state index is 0.106. The fourth-order valence-electron chi connectivity index (χ4n) is 5.47. The Bertz CT molecular complexity index is 1610. The lowest BCUT2D eigenvalue weighted by Gasteiger charge is -2.19. The van der Waals surface area contributed by atoms with E-state index in [1.165, 1.54) is 34.3 Å². The Morgan fingerprint density at radius 1 is 0.977 bits per heavy atom. The minimum atomic E-state index is -1.17. The Balaban J connectivity index is 1.73. The van der Waals surface area contributed by atoms with Crippen molar-refractivity contribution in [2.75, 3.05) is 26.6 Å². The molecule has 1 aliphatic carbocycles. The molecule has 11 nitrogen and oxygen atoms in total. The van der Waals surface area contributed by atoms with Crippen LogP contribution in [0.2, 0.25) is 0 Å². The maximum atomic E-state index is 13.6. The zero-order chi connectivity index (χ0) is 32.0. The number of anilines is 1. The fraction of sp³-hybridized carbons (Fsp3) is 0.333. The van der Waals surface area contributed by atoms with Crippen LogP contribution in [0.15, 0.2) is 59.4 Å². The summed E-state index contributed by atoms with van der Waals surface area (Å²) >= 11 is 0. The molecule has 0 aromatic heterocycles. The Morgan fingerprint density at radius 2 is 1.68 bits per heavy atom. The van der Waals surface area contributed by atoms with Crippen LogP contribution >= 0.6 is 0 Å². The number of methoxy groups -OCH3 is 3. The number of benzene rings is 2. The third-order valence-electron chi connectivity index (χ3n) is 7.58. The Kier molecular flexibility index (Phi) is 10.1. The maximum absolute atomic E-state index is 13.6. The molecule has 0 radical (unpaired) electrons. The summed E-state index contributed by atoms with van der Waals surface area (Å²) in [6.07, 6.45) is 1.16. The number of carboxylic acids is 1. The molecule has 2 amide bonds. The number of ether oxygens (including phenoxy) is 3. The minimum Gasteiger partial charge on any atom is -0.493 e. The molecule has 44 heavy (non-hydrogen) atoms. The van der Waals surface area contributed by atoms with Gasteiger partial charge in [-0.3, -0.25) is 14.4 Å². The average Bonchev–Trinajstić information content (AvgIpc) is 3.24. The number of fused-ring (bicyclic) bond motifs is 3. The number of carbonyl (C=O) groups is 3. The van der Waals surface area contributed by atoms with Gasteiger partial charge in [0.05, 0.1) is 33.1 Å². The predicted octanol–water partition coefficient (Wildman–Crippen LogP) is 3.48. The summed E-state index contributed by atoms with van der Waals surface area (Å²) in [7, 11) is 4.56. The van der Waals surface area contributed by atoms with Gasteiger partial charge >= 0.3 is 5.97 Å². The van der Waals surface area contributed by atoms with Gasteiger partial charge in [-0.25, -0.2) is 4.79 Å². The Morgan fingerprint density at radius 3 is 2.30 bits per heavy atom. The molecule has 3 atom stereocenters. The number of hydrogen-bond donors (Lipinski definition) is 4. The second kappa shape index (κ2) is 13.9. The van der Waals surface area contributed by atoms with Gasteiger partial charge < -0.3 is 35.3 Å². The first-order valence-corrected chi connectivity index (χ1v) is 14.2. The fourth-order valence-corrected chi connectivity index (χ4v) is 5.47. The van der Waals surface area contributed by atoms with Crippen molar-refractivity contribution in [3.63, 3.8) is 0 Å². The highest BCUT2D eigenvalue weighted by molar-refractivity contribution is 5.89. The van der Waals surface area contributed by atoms with Gasteiger partial charge in [0.25, 0.3) is 0 Å². The molecule has 0 bridgehead atoms. The van der Waals surface area contributed by atoms with Crippen LogP contribution in [0.5, 0.6) is 17.2 Å². The average molecular weight is 604 g/mol. The lowest BCUT2D eigenvalue weighted by Crippen LogP contribution is -2.48. The Hall–Kier alpha value is -5.06. The van der Waals surface area contributed by atoms with E-state index >= 15 is 0 Å². The molecule has 0 saturated heterocycles. The van der Waals surface area contributed by atoms with Crippen LogP contribution in [0.3, 0.4) is 0 Å². The molecule has 3 aromatic carbocycles. The summed E-state index contributed by atoms with van der Waals surface area (Å²) < 4.78 is 17.0. The van der Waals surface area contributed by atoms with Crippen molar-refractivity contribution >= 4 is 23.5 Å². The molecular weight excluding hydrogens is 566 g/mol. The SMILES string of the molecule is COc1cc2c(c(OC)c1OC)-c1ccc(NC(C)C(=O)NC(Cc3ccccc3)C(=O)O)c(=O)cc1C(NC(C)=O)CC2. The number of aryl methyl sites for hydroxylation is 1. The largest absolute Gasteiger partial charge is 0.493 e. The van der Waals surface area contributed by atoms with E-state index in [9.17, 15) is 24.3 Å². The summed E-state index contributed by atoms with van der Waals surface area (Å²) in [5.41, 5.74) is 3.27. The molecule has 0 saturated carbocycles. The number of carbonyl (C=O) groups excluding carboxylic acids is 2. The van der Waals surface area contributed by atoms with Crippen molar-refractivity contribution in [2.24, 2.45) is 0 Å². The lowest BCUT2D eigenvalue weighted by atomic mass is 9.95. The summed E-state index contributed by atoms with van der Waals surface area (Å²) in [5, 5.41) is 18.2. The van der Waals surface area contributed by atoms with Gasteiger partial charge in [-0.15, -0.1) is 0 Å². The monoisotopic (exact) mass is 603 g/mol. The zero-order valence-corrected chi connectivity index (χ0v) is 25.4. The third kappa shape index (κ3) is 6.94. The second-order valence-electron chi connectivity index (χ2n) is 10.6. The number of hydrogen-bond acceptors (Lipinski definition) is 8.